The Hall–Kier alpha value is -2.65. The quantitative estimate of drug-likeness (QED) is 0.226. The third-order valence-corrected chi connectivity index (χ3v) is 5.36. The molecular weight excluding hydrogens is 495 g/mol. The van der Waals surface area contributed by atoms with Crippen LogP contribution in [0.15, 0.2) is 18.2 Å². The molecule has 8 nitrogen and oxygen atoms in total. The van der Waals surface area contributed by atoms with Gasteiger partial charge in [0.2, 0.25) is 6.30 Å². The van der Waals surface area contributed by atoms with Gasteiger partial charge in [-0.05, 0) is 25.0 Å². The molecule has 0 spiro atoms. The van der Waals surface area contributed by atoms with E-state index in [4.69, 9.17) is 4.74 Å². The third-order valence-electron chi connectivity index (χ3n) is 5.36. The molecule has 2 amide bonds. The lowest BCUT2D eigenvalue weighted by molar-refractivity contribution is -0.168. The van der Waals surface area contributed by atoms with Crippen LogP contribution in [-0.4, -0.2) is 71.4 Å². The number of hydrogen-bond acceptors (Lipinski definition) is 6. The van der Waals surface area contributed by atoms with Gasteiger partial charge in [0, 0.05) is 6.07 Å². The molecule has 0 fully saturated rings. The van der Waals surface area contributed by atoms with Gasteiger partial charge in [-0.15, -0.1) is 0 Å². The van der Waals surface area contributed by atoms with E-state index in [1.54, 1.807) is 0 Å². The minimum absolute atomic E-state index is 0.0909. The predicted octanol–water partition coefficient (Wildman–Crippen LogP) is 1.99. The Labute approximate surface area is 195 Å². The van der Waals surface area contributed by atoms with Crippen LogP contribution < -0.4 is 20.3 Å². The first-order chi connectivity index (χ1) is 16.2. The molecule has 3 unspecified atom stereocenters. The average molecular weight is 519 g/mol. The maximum absolute atomic E-state index is 14.5. The van der Waals surface area contributed by atoms with Crippen LogP contribution in [0.3, 0.4) is 0 Å². The Bertz CT molecular complexity index is 920. The van der Waals surface area contributed by atoms with Crippen LogP contribution in [0.4, 0.5) is 36.4 Å². The SMILES string of the molecule is CC[C@H]1Oc2ccc(F)cc2N(C(F)C(F)F)C(=O)[C@H]1NC(=O)C(O)(CC)C(O)NCC(F)(F)F. The molecule has 1 heterocycles. The Balaban J connectivity index is 2.44. The van der Waals surface area contributed by atoms with E-state index in [2.05, 4.69) is 0 Å². The summed E-state index contributed by atoms with van der Waals surface area (Å²) in [5.41, 5.74) is -3.60. The Morgan fingerprint density at radius 3 is 2.37 bits per heavy atom. The fraction of sp³-hybridized carbons (Fsp3) is 0.600. The average Bonchev–Trinajstić information content (AvgIpc) is 2.89. The van der Waals surface area contributed by atoms with Crippen molar-refractivity contribution in [2.24, 2.45) is 0 Å². The minimum atomic E-state index is -4.81. The fourth-order valence-electron chi connectivity index (χ4n) is 3.40. The Morgan fingerprint density at radius 2 is 1.86 bits per heavy atom. The van der Waals surface area contributed by atoms with Crippen LogP contribution in [0, 0.1) is 5.82 Å². The first-order valence-electron chi connectivity index (χ1n) is 10.4. The molecule has 1 aromatic rings. The van der Waals surface area contributed by atoms with Crippen LogP contribution in [0.5, 0.6) is 5.75 Å². The largest absolute Gasteiger partial charge is 0.486 e. The van der Waals surface area contributed by atoms with E-state index in [1.165, 1.54) is 12.2 Å². The van der Waals surface area contributed by atoms with Gasteiger partial charge in [-0.3, -0.25) is 19.8 Å². The summed E-state index contributed by atoms with van der Waals surface area (Å²) in [6, 6.07) is 0.448. The summed E-state index contributed by atoms with van der Waals surface area (Å²) in [7, 11) is 0. The van der Waals surface area contributed by atoms with Crippen molar-refractivity contribution in [3.05, 3.63) is 24.0 Å². The second-order valence-electron chi connectivity index (χ2n) is 7.72. The zero-order valence-corrected chi connectivity index (χ0v) is 18.5. The lowest BCUT2D eigenvalue weighted by atomic mass is 9.95. The standard InChI is InChI=1S/C20H24F7N3O5/c1-3-11-13(29-18(33)19(34,4-2)17(32)28-8-20(25,26)27)16(31)30(15(24)14(22)23)10-7-9(21)5-6-12(10)35-11/h5-7,11,13-15,17,28,32,34H,3-4,8H2,1-2H3,(H,29,33)/t11-,13+,15?,17?,19?/m1/s1. The van der Waals surface area contributed by atoms with Crippen molar-refractivity contribution in [1.29, 1.82) is 0 Å². The van der Waals surface area contributed by atoms with Crippen molar-refractivity contribution in [3.8, 4) is 5.75 Å². The van der Waals surface area contributed by atoms with Gasteiger partial charge in [-0.25, -0.2) is 17.6 Å². The fourth-order valence-corrected chi connectivity index (χ4v) is 3.40. The highest BCUT2D eigenvalue weighted by Crippen LogP contribution is 2.37. The third kappa shape index (κ3) is 6.32. The van der Waals surface area contributed by atoms with Gasteiger partial charge in [0.05, 0.1) is 12.2 Å². The highest BCUT2D eigenvalue weighted by atomic mass is 19.4. The second kappa shape index (κ2) is 11.0. The lowest BCUT2D eigenvalue weighted by Crippen LogP contribution is -2.65. The first-order valence-corrected chi connectivity index (χ1v) is 10.4. The predicted molar refractivity (Wildman–Crippen MR) is 107 cm³/mol. The molecular formula is C20H24F7N3O5. The molecule has 0 aliphatic carbocycles. The topological polar surface area (TPSA) is 111 Å². The normalized spacial score (nSPS) is 22.1. The van der Waals surface area contributed by atoms with Crippen molar-refractivity contribution < 1.29 is 55.3 Å². The van der Waals surface area contributed by atoms with Crippen molar-refractivity contribution >= 4 is 17.5 Å². The molecule has 0 saturated carbocycles. The molecule has 4 N–H and O–H groups in total. The van der Waals surface area contributed by atoms with Crippen LogP contribution in [0.2, 0.25) is 0 Å². The number of ether oxygens (including phenoxy) is 1. The van der Waals surface area contributed by atoms with Gasteiger partial charge >= 0.3 is 6.18 Å². The molecule has 1 aromatic carbocycles. The van der Waals surface area contributed by atoms with E-state index < -0.39 is 79.2 Å². The van der Waals surface area contributed by atoms with Crippen molar-refractivity contribution in [2.75, 3.05) is 11.4 Å². The van der Waals surface area contributed by atoms with Crippen molar-refractivity contribution in [3.63, 3.8) is 0 Å². The number of alkyl halides is 6. The smallest absolute Gasteiger partial charge is 0.401 e. The van der Waals surface area contributed by atoms with Crippen LogP contribution in [0.25, 0.3) is 0 Å². The van der Waals surface area contributed by atoms with Gasteiger partial charge in [0.15, 0.2) is 5.60 Å². The number of halogens is 7. The van der Waals surface area contributed by atoms with Crippen molar-refractivity contribution in [2.45, 2.75) is 69.6 Å². The summed E-state index contributed by atoms with van der Waals surface area (Å²) in [6.07, 6.45) is -16.4. The van der Waals surface area contributed by atoms with Gasteiger partial charge in [0.25, 0.3) is 18.2 Å². The number of fused-ring (bicyclic) bond motifs is 1. The maximum atomic E-state index is 14.5. The molecule has 35 heavy (non-hydrogen) atoms. The molecule has 2 rings (SSSR count). The molecule has 198 valence electrons. The van der Waals surface area contributed by atoms with Crippen LogP contribution >= 0.6 is 0 Å². The Morgan fingerprint density at radius 1 is 1.23 bits per heavy atom. The summed E-state index contributed by atoms with van der Waals surface area (Å²) in [5, 5.41) is 24.1. The van der Waals surface area contributed by atoms with E-state index in [-0.39, 0.29) is 17.1 Å². The van der Waals surface area contributed by atoms with E-state index >= 15 is 0 Å². The number of nitrogens with one attached hydrogen (secondary N) is 2. The number of benzene rings is 1. The van der Waals surface area contributed by atoms with E-state index in [0.717, 1.165) is 19.1 Å². The number of carbonyl (C=O) groups is 2. The van der Waals surface area contributed by atoms with Crippen LogP contribution in [-0.2, 0) is 9.59 Å². The maximum Gasteiger partial charge on any atom is 0.401 e. The first kappa shape index (κ1) is 28.6. The lowest BCUT2D eigenvalue weighted by Gasteiger charge is -2.34. The monoisotopic (exact) mass is 519 g/mol. The molecule has 1 aliphatic rings. The minimum Gasteiger partial charge on any atom is -0.486 e. The number of carbonyl (C=O) groups excluding carboxylic acids is 2. The van der Waals surface area contributed by atoms with E-state index in [9.17, 15) is 50.5 Å². The molecule has 0 bridgehead atoms. The number of aliphatic hydroxyl groups excluding tert-OH is 1. The van der Waals surface area contributed by atoms with Crippen LogP contribution in [0.1, 0.15) is 26.7 Å². The van der Waals surface area contributed by atoms with Crippen molar-refractivity contribution in [1.82, 2.24) is 10.6 Å². The molecule has 1 aliphatic heterocycles. The zero-order chi connectivity index (χ0) is 26.7. The van der Waals surface area contributed by atoms with Gasteiger partial charge in [-0.1, -0.05) is 13.8 Å². The zero-order valence-electron chi connectivity index (χ0n) is 18.5. The summed E-state index contributed by atoms with van der Waals surface area (Å²) in [5.74, 6) is -4.43. The number of nitrogens with zero attached hydrogens (tertiary/aromatic N) is 1. The summed E-state index contributed by atoms with van der Waals surface area (Å²) in [4.78, 5) is 25.9. The number of anilines is 1. The Kier molecular flexibility index (Phi) is 8.94. The summed E-state index contributed by atoms with van der Waals surface area (Å²) < 4.78 is 97.8. The molecule has 5 atom stereocenters. The number of hydrogen-bond donors (Lipinski definition) is 4. The molecule has 0 saturated heterocycles. The number of aliphatic hydroxyl groups is 2. The number of amides is 2. The van der Waals surface area contributed by atoms with E-state index in [1.807, 2.05) is 5.32 Å². The molecule has 0 aromatic heterocycles. The molecule has 15 heteroatoms. The second-order valence-corrected chi connectivity index (χ2v) is 7.72. The van der Waals surface area contributed by atoms with E-state index in [0.29, 0.717) is 6.07 Å². The molecule has 0 radical (unpaired) electrons. The highest BCUT2D eigenvalue weighted by molar-refractivity contribution is 6.02. The highest BCUT2D eigenvalue weighted by Gasteiger charge is 2.49. The summed E-state index contributed by atoms with van der Waals surface area (Å²) >= 11 is 0. The number of rotatable bonds is 9. The van der Waals surface area contributed by atoms with Gasteiger partial charge in [-0.2, -0.15) is 13.2 Å². The van der Waals surface area contributed by atoms with Gasteiger partial charge < -0.3 is 20.3 Å². The summed E-state index contributed by atoms with van der Waals surface area (Å²) in [6.45, 7) is 0.807. The van der Waals surface area contributed by atoms with Gasteiger partial charge in [0.1, 0.15) is 29.9 Å².